The molecule has 1 aromatic carbocycles. The molecule has 0 radical (unpaired) electrons. The summed E-state index contributed by atoms with van der Waals surface area (Å²) in [5, 5.41) is 8.68. The second kappa shape index (κ2) is 4.17. The van der Waals surface area contributed by atoms with E-state index in [1.165, 1.54) is 0 Å². The molecule has 2 aromatic rings. The lowest BCUT2D eigenvalue weighted by Gasteiger charge is -2.05. The van der Waals surface area contributed by atoms with Crippen LogP contribution in [0.5, 0.6) is 0 Å². The highest BCUT2D eigenvalue weighted by molar-refractivity contribution is 9.11. The highest BCUT2D eigenvalue weighted by Crippen LogP contribution is 2.23. The van der Waals surface area contributed by atoms with Gasteiger partial charge in [0.1, 0.15) is 4.60 Å². The molecule has 1 aromatic heterocycles. The van der Waals surface area contributed by atoms with Gasteiger partial charge in [0, 0.05) is 5.69 Å². The summed E-state index contributed by atoms with van der Waals surface area (Å²) in [5.41, 5.74) is 1.59. The van der Waals surface area contributed by atoms with Crippen LogP contribution >= 0.6 is 31.9 Å². The quantitative estimate of drug-likeness (QED) is 0.807. The summed E-state index contributed by atoms with van der Waals surface area (Å²) in [5.74, 6) is 0. The fraction of sp³-hybridized carbons (Fsp3) is 0. The van der Waals surface area contributed by atoms with Crippen LogP contribution in [0.2, 0.25) is 0 Å². The third-order valence-electron chi connectivity index (χ3n) is 1.93. The number of benzene rings is 1. The zero-order chi connectivity index (χ0) is 10.8. The molecule has 0 bridgehead atoms. The van der Waals surface area contributed by atoms with Crippen LogP contribution in [-0.4, -0.2) is 9.55 Å². The average molecular weight is 327 g/mol. The van der Waals surface area contributed by atoms with Crippen molar-refractivity contribution in [3.05, 3.63) is 45.4 Å². The van der Waals surface area contributed by atoms with Crippen LogP contribution in [0, 0.1) is 11.3 Å². The van der Waals surface area contributed by atoms with Gasteiger partial charge >= 0.3 is 0 Å². The van der Waals surface area contributed by atoms with Gasteiger partial charge in [0.2, 0.25) is 0 Å². The maximum absolute atomic E-state index is 8.68. The Hall–Kier alpha value is -1.12. The minimum Gasteiger partial charge on any atom is -0.281 e. The maximum Gasteiger partial charge on any atom is 0.182 e. The normalized spacial score (nSPS) is 9.93. The molecule has 0 aliphatic carbocycles. The Morgan fingerprint density at radius 2 is 1.87 bits per heavy atom. The molecule has 0 saturated heterocycles. The standard InChI is InChI=1S/C10H5Br2N3/c11-9-6-14-10(12)15(9)8-3-1-7(5-13)2-4-8/h1-4,6H. The summed E-state index contributed by atoms with van der Waals surface area (Å²) in [6.07, 6.45) is 1.71. The van der Waals surface area contributed by atoms with Crippen LogP contribution < -0.4 is 0 Å². The number of hydrogen-bond donors (Lipinski definition) is 0. The lowest BCUT2D eigenvalue weighted by molar-refractivity contribution is 0.992. The Bertz CT molecular complexity index is 503. The zero-order valence-corrected chi connectivity index (χ0v) is 10.7. The highest BCUT2D eigenvalue weighted by atomic mass is 79.9. The van der Waals surface area contributed by atoms with Crippen molar-refractivity contribution in [2.24, 2.45) is 0 Å². The summed E-state index contributed by atoms with van der Waals surface area (Å²) in [6.45, 7) is 0. The summed E-state index contributed by atoms with van der Waals surface area (Å²) in [4.78, 5) is 4.10. The number of halogens is 2. The van der Waals surface area contributed by atoms with E-state index in [2.05, 4.69) is 42.9 Å². The van der Waals surface area contributed by atoms with E-state index >= 15 is 0 Å². The van der Waals surface area contributed by atoms with Crippen LogP contribution in [0.25, 0.3) is 5.69 Å². The van der Waals surface area contributed by atoms with Crippen molar-refractivity contribution in [2.75, 3.05) is 0 Å². The van der Waals surface area contributed by atoms with E-state index in [0.717, 1.165) is 15.0 Å². The molecule has 0 fully saturated rings. The van der Waals surface area contributed by atoms with Crippen LogP contribution in [0.3, 0.4) is 0 Å². The van der Waals surface area contributed by atoms with Crippen molar-refractivity contribution >= 4 is 31.9 Å². The van der Waals surface area contributed by atoms with Gasteiger partial charge in [-0.2, -0.15) is 5.26 Å². The average Bonchev–Trinajstić information content (AvgIpc) is 2.59. The summed E-state index contributed by atoms with van der Waals surface area (Å²) < 4.78 is 3.47. The van der Waals surface area contributed by atoms with Gasteiger partial charge in [0.25, 0.3) is 0 Å². The summed E-state index contributed by atoms with van der Waals surface area (Å²) in [7, 11) is 0. The minimum atomic E-state index is 0.645. The Labute approximate surface area is 104 Å². The van der Waals surface area contributed by atoms with Gasteiger partial charge in [-0.15, -0.1) is 0 Å². The lowest BCUT2D eigenvalue weighted by Crippen LogP contribution is -1.94. The molecule has 0 aliphatic rings. The van der Waals surface area contributed by atoms with Gasteiger partial charge in [0.15, 0.2) is 4.73 Å². The largest absolute Gasteiger partial charge is 0.281 e. The Morgan fingerprint density at radius 1 is 1.20 bits per heavy atom. The molecule has 0 amide bonds. The molecule has 0 atom stereocenters. The number of aromatic nitrogens is 2. The minimum absolute atomic E-state index is 0.645. The highest BCUT2D eigenvalue weighted by Gasteiger charge is 2.06. The van der Waals surface area contributed by atoms with E-state index in [-0.39, 0.29) is 0 Å². The molecule has 0 aliphatic heterocycles. The molecule has 74 valence electrons. The van der Waals surface area contributed by atoms with Gasteiger partial charge in [-0.05, 0) is 56.1 Å². The van der Waals surface area contributed by atoms with E-state index in [9.17, 15) is 0 Å². The maximum atomic E-state index is 8.68. The molecular formula is C10H5Br2N3. The fourth-order valence-electron chi connectivity index (χ4n) is 1.23. The van der Waals surface area contributed by atoms with Crippen molar-refractivity contribution in [3.8, 4) is 11.8 Å². The molecule has 3 nitrogen and oxygen atoms in total. The predicted octanol–water partition coefficient (Wildman–Crippen LogP) is 3.27. The second-order valence-corrected chi connectivity index (χ2v) is 4.37. The number of hydrogen-bond acceptors (Lipinski definition) is 2. The third kappa shape index (κ3) is 1.96. The number of imidazole rings is 1. The molecule has 0 N–H and O–H groups in total. The van der Waals surface area contributed by atoms with Gasteiger partial charge < -0.3 is 0 Å². The molecule has 2 rings (SSSR count). The van der Waals surface area contributed by atoms with E-state index in [4.69, 9.17) is 5.26 Å². The Balaban J connectivity index is 2.51. The smallest absolute Gasteiger partial charge is 0.182 e. The number of rotatable bonds is 1. The summed E-state index contributed by atoms with van der Waals surface area (Å²) >= 11 is 6.74. The van der Waals surface area contributed by atoms with Crippen molar-refractivity contribution in [1.29, 1.82) is 5.26 Å². The molecule has 5 heteroatoms. The third-order valence-corrected chi connectivity index (χ3v) is 3.05. The van der Waals surface area contributed by atoms with Gasteiger partial charge in [0.05, 0.1) is 17.8 Å². The van der Waals surface area contributed by atoms with Crippen LogP contribution in [-0.2, 0) is 0 Å². The van der Waals surface area contributed by atoms with Crippen LogP contribution in [0.1, 0.15) is 5.56 Å². The first kappa shape index (κ1) is 10.4. The van der Waals surface area contributed by atoms with Gasteiger partial charge in [-0.25, -0.2) is 4.98 Å². The molecular weight excluding hydrogens is 322 g/mol. The second-order valence-electron chi connectivity index (χ2n) is 2.84. The van der Waals surface area contributed by atoms with Crippen molar-refractivity contribution in [2.45, 2.75) is 0 Å². The first-order chi connectivity index (χ1) is 7.22. The molecule has 0 spiro atoms. The fourth-order valence-corrected chi connectivity index (χ4v) is 2.44. The van der Waals surface area contributed by atoms with Gasteiger partial charge in [-0.3, -0.25) is 4.57 Å². The topological polar surface area (TPSA) is 41.6 Å². The van der Waals surface area contributed by atoms with Crippen LogP contribution in [0.4, 0.5) is 0 Å². The zero-order valence-electron chi connectivity index (χ0n) is 7.48. The number of nitrogens with zero attached hydrogens (tertiary/aromatic N) is 3. The molecule has 0 unspecified atom stereocenters. The molecule has 0 saturated carbocycles. The Kier molecular flexibility index (Phi) is 2.89. The first-order valence-corrected chi connectivity index (χ1v) is 5.70. The number of nitriles is 1. The molecule has 1 heterocycles. The first-order valence-electron chi connectivity index (χ1n) is 4.11. The monoisotopic (exact) mass is 325 g/mol. The predicted molar refractivity (Wildman–Crippen MR) is 63.7 cm³/mol. The van der Waals surface area contributed by atoms with E-state index in [0.29, 0.717) is 5.56 Å². The van der Waals surface area contributed by atoms with Crippen molar-refractivity contribution in [1.82, 2.24) is 9.55 Å². The molecule has 15 heavy (non-hydrogen) atoms. The van der Waals surface area contributed by atoms with Crippen molar-refractivity contribution < 1.29 is 0 Å². The van der Waals surface area contributed by atoms with E-state index in [1.54, 1.807) is 18.3 Å². The van der Waals surface area contributed by atoms with E-state index in [1.807, 2.05) is 16.7 Å². The Morgan fingerprint density at radius 3 is 2.33 bits per heavy atom. The lowest BCUT2D eigenvalue weighted by atomic mass is 10.2. The van der Waals surface area contributed by atoms with Crippen molar-refractivity contribution in [3.63, 3.8) is 0 Å². The van der Waals surface area contributed by atoms with Gasteiger partial charge in [-0.1, -0.05) is 0 Å². The van der Waals surface area contributed by atoms with Crippen LogP contribution in [0.15, 0.2) is 39.8 Å². The van der Waals surface area contributed by atoms with E-state index < -0.39 is 0 Å². The summed E-state index contributed by atoms with van der Waals surface area (Å²) in [6, 6.07) is 9.37. The SMILES string of the molecule is N#Cc1ccc(-n2c(Br)cnc2Br)cc1.